The fraction of sp³-hybridized carbons (Fsp3) is 0.0652. The average molecular weight is 652 g/mol. The predicted octanol–water partition coefficient (Wildman–Crippen LogP) is 11.0. The average Bonchev–Trinajstić information content (AvgIpc) is 3.70. The maximum Gasteiger partial charge on any atom is 0.0992 e. The summed E-state index contributed by atoms with van der Waals surface area (Å²) in [5, 5.41) is 34.4. The largest absolute Gasteiger partial charge is 0.331 e. The Morgan fingerprint density at radius 1 is 0.529 bits per heavy atom. The molecular formula is C46H29N5. The smallest absolute Gasteiger partial charge is 0.0992 e. The number of nitriles is 3. The van der Waals surface area contributed by atoms with E-state index in [9.17, 15) is 15.8 Å². The molecule has 5 nitrogen and oxygen atoms in total. The standard InChI is InChI=1S/C46H29N5/c1-46(51-43-16-8-5-13-37(43)38-14-6-9-17-44(38)51)25-32(29-49)22-33(26-46)34-10-2-3-11-35(34)36-12-4-7-15-41(36)50-42-21-19-30(27-47)23-40(42)39-20-18-31(28-48)24-45(39)50/h2-24,26H,25H2,1H3. The van der Waals surface area contributed by atoms with Gasteiger partial charge in [0.15, 0.2) is 0 Å². The molecule has 0 aliphatic heterocycles. The van der Waals surface area contributed by atoms with Gasteiger partial charge in [-0.1, -0.05) is 91.0 Å². The molecule has 6 aromatic carbocycles. The van der Waals surface area contributed by atoms with E-state index < -0.39 is 5.54 Å². The molecule has 1 aliphatic rings. The molecule has 0 saturated carbocycles. The number of allylic oxidation sites excluding steroid dienone is 4. The summed E-state index contributed by atoms with van der Waals surface area (Å²) < 4.78 is 4.60. The number of hydrogen-bond donors (Lipinski definition) is 0. The van der Waals surface area contributed by atoms with E-state index in [1.54, 1.807) is 0 Å². The second-order valence-electron chi connectivity index (χ2n) is 13.4. The summed E-state index contributed by atoms with van der Waals surface area (Å²) in [6.45, 7) is 2.23. The minimum absolute atomic E-state index is 0.524. The molecule has 0 fully saturated rings. The van der Waals surface area contributed by atoms with Crippen molar-refractivity contribution in [2.75, 3.05) is 0 Å². The van der Waals surface area contributed by atoms with Crippen LogP contribution in [0.1, 0.15) is 30.0 Å². The van der Waals surface area contributed by atoms with E-state index in [0.29, 0.717) is 17.5 Å². The van der Waals surface area contributed by atoms with Crippen molar-refractivity contribution < 1.29 is 0 Å². The molecule has 1 atom stereocenters. The number of para-hydroxylation sites is 3. The molecule has 238 valence electrons. The molecule has 5 heteroatoms. The Balaban J connectivity index is 1.29. The molecule has 0 amide bonds. The van der Waals surface area contributed by atoms with Crippen LogP contribution in [0.3, 0.4) is 0 Å². The highest BCUT2D eigenvalue weighted by molar-refractivity contribution is 6.11. The van der Waals surface area contributed by atoms with E-state index in [1.165, 1.54) is 10.8 Å². The van der Waals surface area contributed by atoms with Crippen LogP contribution in [-0.4, -0.2) is 9.13 Å². The van der Waals surface area contributed by atoms with Crippen molar-refractivity contribution in [3.8, 4) is 35.0 Å². The van der Waals surface area contributed by atoms with Crippen molar-refractivity contribution in [2.45, 2.75) is 18.9 Å². The van der Waals surface area contributed by atoms with Crippen molar-refractivity contribution in [3.05, 3.63) is 168 Å². The number of aromatic nitrogens is 2. The molecule has 0 N–H and O–H groups in total. The molecule has 0 bridgehead atoms. The Labute approximate surface area is 295 Å². The highest BCUT2D eigenvalue weighted by Gasteiger charge is 2.33. The quantitative estimate of drug-likeness (QED) is 0.190. The van der Waals surface area contributed by atoms with Gasteiger partial charge in [-0.2, -0.15) is 15.8 Å². The van der Waals surface area contributed by atoms with E-state index in [4.69, 9.17) is 0 Å². The van der Waals surface area contributed by atoms with E-state index in [-0.39, 0.29) is 0 Å². The van der Waals surface area contributed by atoms with E-state index in [2.05, 4.69) is 125 Å². The lowest BCUT2D eigenvalue weighted by Gasteiger charge is -2.34. The lowest BCUT2D eigenvalue weighted by Crippen LogP contribution is -2.30. The number of benzene rings is 6. The molecule has 1 unspecified atom stereocenters. The van der Waals surface area contributed by atoms with Crippen molar-refractivity contribution in [1.82, 2.24) is 9.13 Å². The minimum Gasteiger partial charge on any atom is -0.331 e. The van der Waals surface area contributed by atoms with Gasteiger partial charge in [-0.3, -0.25) is 0 Å². The van der Waals surface area contributed by atoms with E-state index in [1.807, 2.05) is 54.6 Å². The zero-order valence-corrected chi connectivity index (χ0v) is 27.8. The SMILES string of the molecule is CC1(n2c3ccccc3c3ccccc32)C=C(c2ccccc2-c2ccccc2-n2c3ccc(C#N)cc3c3ccc(C#N)cc32)C=C(C#N)C1. The van der Waals surface area contributed by atoms with Crippen LogP contribution >= 0.6 is 0 Å². The first kappa shape index (κ1) is 30.0. The maximum absolute atomic E-state index is 10.4. The molecule has 8 aromatic rings. The molecule has 0 radical (unpaired) electrons. The van der Waals surface area contributed by atoms with Crippen LogP contribution in [0.5, 0.6) is 0 Å². The fourth-order valence-electron chi connectivity index (χ4n) is 8.18. The highest BCUT2D eigenvalue weighted by Crippen LogP contribution is 2.45. The molecule has 51 heavy (non-hydrogen) atoms. The second kappa shape index (κ2) is 11.5. The topological polar surface area (TPSA) is 81.2 Å². The van der Waals surface area contributed by atoms with Crippen molar-refractivity contribution in [3.63, 3.8) is 0 Å². The number of fused-ring (bicyclic) bond motifs is 6. The van der Waals surface area contributed by atoms with Gasteiger partial charge < -0.3 is 9.13 Å². The maximum atomic E-state index is 10.4. The normalized spacial score (nSPS) is 15.7. The molecule has 9 rings (SSSR count). The van der Waals surface area contributed by atoms with Crippen LogP contribution in [-0.2, 0) is 5.54 Å². The first-order valence-electron chi connectivity index (χ1n) is 16.9. The Kier molecular flexibility index (Phi) is 6.75. The van der Waals surface area contributed by atoms with Crippen molar-refractivity contribution in [2.24, 2.45) is 0 Å². The third-order valence-corrected chi connectivity index (χ3v) is 10.3. The number of rotatable bonds is 4. The first-order chi connectivity index (χ1) is 25.0. The molecule has 0 spiro atoms. The van der Waals surface area contributed by atoms with Gasteiger partial charge in [-0.15, -0.1) is 0 Å². The van der Waals surface area contributed by atoms with Gasteiger partial charge in [0.1, 0.15) is 0 Å². The van der Waals surface area contributed by atoms with Gasteiger partial charge in [-0.25, -0.2) is 0 Å². The van der Waals surface area contributed by atoms with Gasteiger partial charge in [0, 0.05) is 50.1 Å². The van der Waals surface area contributed by atoms with Crippen LogP contribution < -0.4 is 0 Å². The summed E-state index contributed by atoms with van der Waals surface area (Å²) >= 11 is 0. The second-order valence-corrected chi connectivity index (χ2v) is 13.4. The van der Waals surface area contributed by atoms with E-state index >= 15 is 0 Å². The number of nitrogens with zero attached hydrogens (tertiary/aromatic N) is 5. The van der Waals surface area contributed by atoms with Crippen LogP contribution in [0.15, 0.2) is 151 Å². The van der Waals surface area contributed by atoms with Gasteiger partial charge in [-0.05, 0) is 78.2 Å². The van der Waals surface area contributed by atoms with Gasteiger partial charge in [0.25, 0.3) is 0 Å². The van der Waals surface area contributed by atoms with Crippen molar-refractivity contribution >= 4 is 49.2 Å². The first-order valence-corrected chi connectivity index (χ1v) is 16.9. The summed E-state index contributed by atoms with van der Waals surface area (Å²) in [6, 6.07) is 52.3. The monoisotopic (exact) mass is 651 g/mol. The minimum atomic E-state index is -0.524. The van der Waals surface area contributed by atoms with Crippen LogP contribution in [0.25, 0.3) is 66.0 Å². The Bertz CT molecular complexity index is 2890. The molecular weight excluding hydrogens is 623 g/mol. The van der Waals surface area contributed by atoms with Crippen LogP contribution in [0, 0.1) is 34.0 Å². The summed E-state index contributed by atoms with van der Waals surface area (Å²) in [5.41, 5.74) is 10.5. The Morgan fingerprint density at radius 2 is 1.12 bits per heavy atom. The summed E-state index contributed by atoms with van der Waals surface area (Å²) in [6.07, 6.45) is 4.94. The lowest BCUT2D eigenvalue weighted by molar-refractivity contribution is 0.433. The molecule has 1 aliphatic carbocycles. The van der Waals surface area contributed by atoms with Crippen molar-refractivity contribution in [1.29, 1.82) is 15.8 Å². The van der Waals surface area contributed by atoms with Crippen LogP contribution in [0.4, 0.5) is 0 Å². The summed E-state index contributed by atoms with van der Waals surface area (Å²) in [7, 11) is 0. The van der Waals surface area contributed by atoms with Gasteiger partial charge >= 0.3 is 0 Å². The van der Waals surface area contributed by atoms with Crippen LogP contribution in [0.2, 0.25) is 0 Å². The molecule has 0 saturated heterocycles. The molecule has 2 heterocycles. The Morgan fingerprint density at radius 3 is 1.82 bits per heavy atom. The van der Waals surface area contributed by atoms with E-state index in [0.717, 1.165) is 66.4 Å². The lowest BCUT2D eigenvalue weighted by atomic mass is 9.81. The third kappa shape index (κ3) is 4.59. The predicted molar refractivity (Wildman–Crippen MR) is 205 cm³/mol. The third-order valence-electron chi connectivity index (χ3n) is 10.3. The Hall–Kier alpha value is -7.13. The summed E-state index contributed by atoms with van der Waals surface area (Å²) in [5.74, 6) is 0. The molecule has 2 aromatic heterocycles. The van der Waals surface area contributed by atoms with Gasteiger partial charge in [0.2, 0.25) is 0 Å². The van der Waals surface area contributed by atoms with Gasteiger partial charge in [0.05, 0.1) is 51.6 Å². The zero-order chi connectivity index (χ0) is 34.7. The summed E-state index contributed by atoms with van der Waals surface area (Å²) in [4.78, 5) is 0. The highest BCUT2D eigenvalue weighted by atomic mass is 15.1. The number of hydrogen-bond acceptors (Lipinski definition) is 3. The fourth-order valence-corrected chi connectivity index (χ4v) is 8.18. The zero-order valence-electron chi connectivity index (χ0n) is 27.8.